The second-order valence-electron chi connectivity index (χ2n) is 3.81. The Morgan fingerprint density at radius 3 is 2.75 bits per heavy atom. The molecule has 0 heterocycles. The van der Waals surface area contributed by atoms with Crippen molar-refractivity contribution in [2.45, 2.75) is 13.0 Å². The van der Waals surface area contributed by atoms with E-state index in [9.17, 15) is 4.79 Å². The smallest absolute Gasteiger partial charge is 0.263 e. The summed E-state index contributed by atoms with van der Waals surface area (Å²) in [6.07, 6.45) is 1.61. The van der Waals surface area contributed by atoms with E-state index in [4.69, 9.17) is 22.1 Å². The third kappa shape index (κ3) is 5.01. The van der Waals surface area contributed by atoms with Crippen LogP contribution in [0.25, 0.3) is 0 Å². The standard InChI is InChI=1S/C14H13ClN4O/c15-13-5-2-1-4-11(13)10-19-14(20)12(8-17)9-18-7-3-6-16/h1-2,4-5,9,18H,3,7,10H2,(H,19,20)/b12-9-. The molecule has 0 atom stereocenters. The summed E-state index contributed by atoms with van der Waals surface area (Å²) in [7, 11) is 0. The highest BCUT2D eigenvalue weighted by Crippen LogP contribution is 2.14. The molecule has 2 N–H and O–H groups in total. The number of hydrogen-bond donors (Lipinski definition) is 2. The molecule has 0 saturated carbocycles. The molecular weight excluding hydrogens is 276 g/mol. The van der Waals surface area contributed by atoms with Crippen LogP contribution in [0.5, 0.6) is 0 Å². The average molecular weight is 289 g/mol. The third-order valence-corrected chi connectivity index (χ3v) is 2.76. The van der Waals surface area contributed by atoms with Crippen molar-refractivity contribution in [1.82, 2.24) is 10.6 Å². The first-order valence-corrected chi connectivity index (χ1v) is 6.29. The van der Waals surface area contributed by atoms with Crippen molar-refractivity contribution < 1.29 is 4.79 Å². The van der Waals surface area contributed by atoms with Crippen molar-refractivity contribution in [3.63, 3.8) is 0 Å². The van der Waals surface area contributed by atoms with Crippen LogP contribution < -0.4 is 10.6 Å². The van der Waals surface area contributed by atoms with Gasteiger partial charge in [0.05, 0.1) is 12.5 Å². The van der Waals surface area contributed by atoms with Gasteiger partial charge in [0.25, 0.3) is 5.91 Å². The van der Waals surface area contributed by atoms with E-state index in [1.54, 1.807) is 24.3 Å². The summed E-state index contributed by atoms with van der Waals surface area (Å²) < 4.78 is 0. The molecule has 0 radical (unpaired) electrons. The van der Waals surface area contributed by atoms with Gasteiger partial charge < -0.3 is 10.6 Å². The third-order valence-electron chi connectivity index (χ3n) is 2.39. The minimum Gasteiger partial charge on any atom is -0.389 e. The molecule has 1 amide bonds. The number of hydrogen-bond acceptors (Lipinski definition) is 4. The van der Waals surface area contributed by atoms with Crippen LogP contribution in [0, 0.1) is 22.7 Å². The predicted octanol–water partition coefficient (Wildman–Crippen LogP) is 1.87. The second kappa shape index (κ2) is 8.58. The lowest BCUT2D eigenvalue weighted by Crippen LogP contribution is -2.25. The zero-order chi connectivity index (χ0) is 14.8. The molecule has 0 aliphatic carbocycles. The van der Waals surface area contributed by atoms with Gasteiger partial charge in [-0.05, 0) is 11.6 Å². The van der Waals surface area contributed by atoms with Crippen LogP contribution >= 0.6 is 11.6 Å². The minimum absolute atomic E-state index is 0.0463. The lowest BCUT2D eigenvalue weighted by molar-refractivity contribution is -0.117. The maximum atomic E-state index is 11.8. The van der Waals surface area contributed by atoms with E-state index in [1.165, 1.54) is 6.20 Å². The summed E-state index contributed by atoms with van der Waals surface area (Å²) >= 11 is 5.97. The zero-order valence-corrected chi connectivity index (χ0v) is 11.4. The molecule has 5 nitrogen and oxygen atoms in total. The fraction of sp³-hybridized carbons (Fsp3) is 0.214. The van der Waals surface area contributed by atoms with Crippen molar-refractivity contribution >= 4 is 17.5 Å². The molecule has 20 heavy (non-hydrogen) atoms. The van der Waals surface area contributed by atoms with Crippen LogP contribution in [0.3, 0.4) is 0 Å². The average Bonchev–Trinajstić information content (AvgIpc) is 2.46. The summed E-state index contributed by atoms with van der Waals surface area (Å²) in [6.45, 7) is 0.634. The molecule has 0 aliphatic heterocycles. The monoisotopic (exact) mass is 288 g/mol. The summed E-state index contributed by atoms with van der Waals surface area (Å²) in [5, 5.41) is 23.2. The molecular formula is C14H13ClN4O. The molecule has 0 unspecified atom stereocenters. The van der Waals surface area contributed by atoms with E-state index in [1.807, 2.05) is 12.1 Å². The second-order valence-corrected chi connectivity index (χ2v) is 4.21. The molecule has 0 saturated heterocycles. The van der Waals surface area contributed by atoms with Crippen LogP contribution in [0.1, 0.15) is 12.0 Å². The van der Waals surface area contributed by atoms with Gasteiger partial charge in [-0.2, -0.15) is 10.5 Å². The summed E-state index contributed by atoms with van der Waals surface area (Å²) in [6, 6.07) is 10.9. The van der Waals surface area contributed by atoms with E-state index >= 15 is 0 Å². The number of nitrogens with one attached hydrogen (secondary N) is 2. The van der Waals surface area contributed by atoms with Crippen LogP contribution in [0.4, 0.5) is 0 Å². The Morgan fingerprint density at radius 2 is 2.10 bits per heavy atom. The first-order chi connectivity index (χ1) is 9.69. The lowest BCUT2D eigenvalue weighted by atomic mass is 10.2. The quantitative estimate of drug-likeness (QED) is 0.475. The number of carbonyl (C=O) groups is 1. The highest BCUT2D eigenvalue weighted by molar-refractivity contribution is 6.31. The van der Waals surface area contributed by atoms with Gasteiger partial charge in [0.1, 0.15) is 11.6 Å². The number of rotatable bonds is 6. The summed E-state index contributed by atoms with van der Waals surface area (Å²) in [4.78, 5) is 11.8. The van der Waals surface area contributed by atoms with Gasteiger partial charge >= 0.3 is 0 Å². The maximum absolute atomic E-state index is 11.8. The summed E-state index contributed by atoms with van der Waals surface area (Å²) in [5.74, 6) is -0.489. The molecule has 6 heteroatoms. The Hall–Kier alpha value is -2.50. The van der Waals surface area contributed by atoms with Crippen molar-refractivity contribution in [3.05, 3.63) is 46.6 Å². The molecule has 0 aliphatic rings. The van der Waals surface area contributed by atoms with Gasteiger partial charge in [-0.25, -0.2) is 0 Å². The number of carbonyl (C=O) groups excluding carboxylic acids is 1. The van der Waals surface area contributed by atoms with Crippen LogP contribution in [-0.4, -0.2) is 12.5 Å². The number of halogens is 1. The van der Waals surface area contributed by atoms with E-state index in [2.05, 4.69) is 10.6 Å². The number of nitriles is 2. The topological polar surface area (TPSA) is 88.7 Å². The van der Waals surface area contributed by atoms with Crippen LogP contribution in [-0.2, 0) is 11.3 Å². The Labute approximate surface area is 122 Å². The Balaban J connectivity index is 2.55. The van der Waals surface area contributed by atoms with Crippen LogP contribution in [0.15, 0.2) is 36.0 Å². The fourth-order valence-corrected chi connectivity index (χ4v) is 1.57. The van der Waals surface area contributed by atoms with Gasteiger partial charge in [0.15, 0.2) is 0 Å². The van der Waals surface area contributed by atoms with Crippen molar-refractivity contribution in [3.8, 4) is 12.1 Å². The van der Waals surface area contributed by atoms with Crippen molar-refractivity contribution in [2.24, 2.45) is 0 Å². The van der Waals surface area contributed by atoms with E-state index in [0.29, 0.717) is 18.0 Å². The molecule has 0 bridgehead atoms. The van der Waals surface area contributed by atoms with E-state index in [-0.39, 0.29) is 12.1 Å². The van der Waals surface area contributed by atoms with Gasteiger partial charge in [-0.15, -0.1) is 0 Å². The Kier molecular flexibility index (Phi) is 6.67. The predicted molar refractivity (Wildman–Crippen MR) is 75.2 cm³/mol. The highest BCUT2D eigenvalue weighted by Gasteiger charge is 2.09. The maximum Gasteiger partial charge on any atom is 0.263 e. The van der Waals surface area contributed by atoms with Crippen molar-refractivity contribution in [2.75, 3.05) is 6.54 Å². The lowest BCUT2D eigenvalue weighted by Gasteiger charge is -2.06. The first-order valence-electron chi connectivity index (χ1n) is 5.91. The number of nitrogens with zero attached hydrogens (tertiary/aromatic N) is 2. The normalized spacial score (nSPS) is 10.2. The minimum atomic E-state index is -0.489. The first kappa shape index (κ1) is 15.6. The van der Waals surface area contributed by atoms with Crippen molar-refractivity contribution in [1.29, 1.82) is 10.5 Å². The zero-order valence-electron chi connectivity index (χ0n) is 10.7. The molecule has 0 fully saturated rings. The largest absolute Gasteiger partial charge is 0.389 e. The molecule has 1 aromatic carbocycles. The molecule has 0 spiro atoms. The Bertz CT molecular complexity index is 584. The van der Waals surface area contributed by atoms with Gasteiger partial charge in [-0.1, -0.05) is 29.8 Å². The van der Waals surface area contributed by atoms with Crippen LogP contribution in [0.2, 0.25) is 5.02 Å². The Morgan fingerprint density at radius 1 is 1.35 bits per heavy atom. The SMILES string of the molecule is N#CCCN/C=C(/C#N)C(=O)NCc1ccccc1Cl. The van der Waals surface area contributed by atoms with Gasteiger partial charge in [0, 0.05) is 24.3 Å². The molecule has 1 aromatic rings. The molecule has 1 rings (SSSR count). The molecule has 102 valence electrons. The highest BCUT2D eigenvalue weighted by atomic mass is 35.5. The van der Waals surface area contributed by atoms with Gasteiger partial charge in [-0.3, -0.25) is 4.79 Å². The fourth-order valence-electron chi connectivity index (χ4n) is 1.36. The van der Waals surface area contributed by atoms with E-state index in [0.717, 1.165) is 5.56 Å². The van der Waals surface area contributed by atoms with E-state index < -0.39 is 5.91 Å². The number of amides is 1. The van der Waals surface area contributed by atoms with Gasteiger partial charge in [0.2, 0.25) is 0 Å². The summed E-state index contributed by atoms with van der Waals surface area (Å²) in [5.41, 5.74) is 0.729. The molecule has 0 aromatic heterocycles. The number of benzene rings is 1.